The highest BCUT2D eigenvalue weighted by Crippen LogP contribution is 2.16. The van der Waals surface area contributed by atoms with Gasteiger partial charge in [0.15, 0.2) is 0 Å². The van der Waals surface area contributed by atoms with Gasteiger partial charge in [-0.1, -0.05) is 0 Å². The Morgan fingerprint density at radius 3 is 2.08 bits per heavy atom. The number of nitrogens with zero attached hydrogens (tertiary/aromatic N) is 2. The number of hydrogen-bond acceptors (Lipinski definition) is 4. The zero-order valence-corrected chi connectivity index (χ0v) is 16.5. The van der Waals surface area contributed by atoms with Crippen LogP contribution in [-0.2, 0) is 9.53 Å². The molecule has 0 aliphatic carbocycles. The first kappa shape index (κ1) is 21.0. The molecule has 1 aromatic carbocycles. The average molecular weight is 348 g/mol. The largest absolute Gasteiger partial charge is 0.460 e. The minimum atomic E-state index is -0.467. The molecular formula is C20H32N2O3. The van der Waals surface area contributed by atoms with Crippen molar-refractivity contribution in [3.63, 3.8) is 0 Å². The average Bonchev–Trinajstić information content (AvgIpc) is 2.54. The van der Waals surface area contributed by atoms with Gasteiger partial charge in [0, 0.05) is 44.4 Å². The predicted octanol–water partition coefficient (Wildman–Crippen LogP) is 3.73. The molecule has 1 rings (SSSR count). The zero-order valence-electron chi connectivity index (χ0n) is 16.5. The molecule has 0 atom stereocenters. The standard InChI is InChI=1S/C20H32N2O3/c1-7-22(8-2)17-13-11-16(12-14-17)19(24)21(6)15-9-10-18(23)25-20(3,4)5/h11-14H,7-10,15H2,1-6H3. The lowest BCUT2D eigenvalue weighted by atomic mass is 10.1. The summed E-state index contributed by atoms with van der Waals surface area (Å²) in [5.74, 6) is -0.257. The van der Waals surface area contributed by atoms with Gasteiger partial charge in [-0.25, -0.2) is 0 Å². The van der Waals surface area contributed by atoms with E-state index in [-0.39, 0.29) is 11.9 Å². The molecule has 0 saturated heterocycles. The molecule has 0 radical (unpaired) electrons. The van der Waals surface area contributed by atoms with E-state index in [4.69, 9.17) is 4.74 Å². The fraction of sp³-hybridized carbons (Fsp3) is 0.600. The quantitative estimate of drug-likeness (QED) is 0.672. The van der Waals surface area contributed by atoms with Crippen molar-refractivity contribution in [3.8, 4) is 0 Å². The van der Waals surface area contributed by atoms with Crippen molar-refractivity contribution < 1.29 is 14.3 Å². The van der Waals surface area contributed by atoms with Crippen molar-refractivity contribution in [2.75, 3.05) is 31.6 Å². The molecule has 0 aliphatic rings. The lowest BCUT2D eigenvalue weighted by Gasteiger charge is -2.22. The van der Waals surface area contributed by atoms with Gasteiger partial charge in [0.25, 0.3) is 5.91 Å². The van der Waals surface area contributed by atoms with Crippen molar-refractivity contribution >= 4 is 17.6 Å². The lowest BCUT2D eigenvalue weighted by molar-refractivity contribution is -0.154. The Labute approximate surface area is 151 Å². The van der Waals surface area contributed by atoms with E-state index in [0.29, 0.717) is 24.9 Å². The van der Waals surface area contributed by atoms with Gasteiger partial charge in [-0.3, -0.25) is 9.59 Å². The number of anilines is 1. The van der Waals surface area contributed by atoms with E-state index < -0.39 is 5.60 Å². The first-order chi connectivity index (χ1) is 11.7. The Balaban J connectivity index is 2.52. The number of carbonyl (C=O) groups excluding carboxylic acids is 2. The smallest absolute Gasteiger partial charge is 0.306 e. The molecule has 0 aliphatic heterocycles. The van der Waals surface area contributed by atoms with E-state index in [1.165, 1.54) is 0 Å². The number of amides is 1. The summed E-state index contributed by atoms with van der Waals surface area (Å²) in [6, 6.07) is 7.68. The molecule has 0 N–H and O–H groups in total. The zero-order chi connectivity index (χ0) is 19.0. The third-order valence-corrected chi connectivity index (χ3v) is 3.88. The van der Waals surface area contributed by atoms with Gasteiger partial charge >= 0.3 is 5.97 Å². The maximum Gasteiger partial charge on any atom is 0.306 e. The fourth-order valence-electron chi connectivity index (χ4n) is 2.58. The van der Waals surface area contributed by atoms with Crippen molar-refractivity contribution in [2.45, 2.75) is 53.1 Å². The van der Waals surface area contributed by atoms with Gasteiger partial charge in [-0.05, 0) is 65.3 Å². The van der Waals surface area contributed by atoms with E-state index in [1.807, 2.05) is 45.0 Å². The Hall–Kier alpha value is -2.04. The summed E-state index contributed by atoms with van der Waals surface area (Å²) in [5, 5.41) is 0. The second-order valence-corrected chi connectivity index (χ2v) is 7.14. The minimum absolute atomic E-state index is 0.0321. The Bertz CT molecular complexity index is 557. The van der Waals surface area contributed by atoms with Gasteiger partial charge in [-0.2, -0.15) is 0 Å². The number of carbonyl (C=O) groups is 2. The van der Waals surface area contributed by atoms with Gasteiger partial charge in [-0.15, -0.1) is 0 Å². The molecule has 0 spiro atoms. The van der Waals surface area contributed by atoms with Crippen LogP contribution in [0.2, 0.25) is 0 Å². The maximum atomic E-state index is 12.5. The van der Waals surface area contributed by atoms with Gasteiger partial charge < -0.3 is 14.5 Å². The van der Waals surface area contributed by atoms with Crippen molar-refractivity contribution in [2.24, 2.45) is 0 Å². The van der Waals surface area contributed by atoms with E-state index in [0.717, 1.165) is 18.8 Å². The third kappa shape index (κ3) is 7.16. The molecule has 0 fully saturated rings. The Morgan fingerprint density at radius 2 is 1.60 bits per heavy atom. The monoisotopic (exact) mass is 348 g/mol. The highest BCUT2D eigenvalue weighted by molar-refractivity contribution is 5.94. The Kier molecular flexibility index (Phi) is 7.94. The SMILES string of the molecule is CCN(CC)c1ccc(C(=O)N(C)CCCC(=O)OC(C)(C)C)cc1. The first-order valence-electron chi connectivity index (χ1n) is 9.00. The summed E-state index contributed by atoms with van der Waals surface area (Å²) >= 11 is 0. The van der Waals surface area contributed by atoms with Crippen molar-refractivity contribution in [1.82, 2.24) is 4.90 Å². The predicted molar refractivity (Wildman–Crippen MR) is 102 cm³/mol. The number of benzene rings is 1. The summed E-state index contributed by atoms with van der Waals surface area (Å²) in [7, 11) is 1.76. The number of esters is 1. The molecule has 5 heteroatoms. The molecule has 0 aromatic heterocycles. The molecule has 5 nitrogen and oxygen atoms in total. The van der Waals surface area contributed by atoms with Crippen LogP contribution >= 0.6 is 0 Å². The molecule has 1 aromatic rings. The summed E-state index contributed by atoms with van der Waals surface area (Å²) in [6.07, 6.45) is 0.907. The second kappa shape index (κ2) is 9.44. The van der Waals surface area contributed by atoms with E-state index in [1.54, 1.807) is 11.9 Å². The lowest BCUT2D eigenvalue weighted by Crippen LogP contribution is -2.29. The summed E-state index contributed by atoms with van der Waals surface area (Å²) in [5.41, 5.74) is 1.32. The minimum Gasteiger partial charge on any atom is -0.460 e. The van der Waals surface area contributed by atoms with E-state index >= 15 is 0 Å². The van der Waals surface area contributed by atoms with Crippen LogP contribution in [0.3, 0.4) is 0 Å². The van der Waals surface area contributed by atoms with Crippen LogP contribution in [0.25, 0.3) is 0 Å². The van der Waals surface area contributed by atoms with Gasteiger partial charge in [0.1, 0.15) is 5.60 Å². The summed E-state index contributed by atoms with van der Waals surface area (Å²) < 4.78 is 5.27. The highest BCUT2D eigenvalue weighted by Gasteiger charge is 2.17. The molecular weight excluding hydrogens is 316 g/mol. The highest BCUT2D eigenvalue weighted by atomic mass is 16.6. The van der Waals surface area contributed by atoms with Gasteiger partial charge in [0.2, 0.25) is 0 Å². The van der Waals surface area contributed by atoms with Crippen LogP contribution < -0.4 is 4.90 Å². The van der Waals surface area contributed by atoms with Crippen molar-refractivity contribution in [1.29, 1.82) is 0 Å². The molecule has 25 heavy (non-hydrogen) atoms. The van der Waals surface area contributed by atoms with E-state index in [2.05, 4.69) is 18.7 Å². The number of ether oxygens (including phenoxy) is 1. The molecule has 1 amide bonds. The normalized spacial score (nSPS) is 11.1. The molecule has 0 heterocycles. The molecule has 0 unspecified atom stereocenters. The van der Waals surface area contributed by atoms with Crippen LogP contribution in [0.15, 0.2) is 24.3 Å². The van der Waals surface area contributed by atoms with Crippen LogP contribution in [-0.4, -0.2) is 49.1 Å². The summed E-state index contributed by atoms with van der Waals surface area (Å²) in [4.78, 5) is 28.1. The van der Waals surface area contributed by atoms with Gasteiger partial charge in [0.05, 0.1) is 0 Å². The second-order valence-electron chi connectivity index (χ2n) is 7.14. The number of hydrogen-bond donors (Lipinski definition) is 0. The van der Waals surface area contributed by atoms with E-state index in [9.17, 15) is 9.59 Å². The van der Waals surface area contributed by atoms with Crippen LogP contribution in [0.5, 0.6) is 0 Å². The molecule has 0 bridgehead atoms. The molecule has 140 valence electrons. The van der Waals surface area contributed by atoms with Crippen LogP contribution in [0, 0.1) is 0 Å². The summed E-state index contributed by atoms with van der Waals surface area (Å²) in [6.45, 7) is 12.2. The topological polar surface area (TPSA) is 49.9 Å². The molecule has 0 saturated carbocycles. The third-order valence-electron chi connectivity index (χ3n) is 3.88. The first-order valence-corrected chi connectivity index (χ1v) is 9.00. The van der Waals surface area contributed by atoms with Crippen LogP contribution in [0.4, 0.5) is 5.69 Å². The van der Waals surface area contributed by atoms with Crippen LogP contribution in [0.1, 0.15) is 57.8 Å². The Morgan fingerprint density at radius 1 is 1.04 bits per heavy atom. The maximum absolute atomic E-state index is 12.5. The number of rotatable bonds is 8. The fourth-order valence-corrected chi connectivity index (χ4v) is 2.58. The van der Waals surface area contributed by atoms with Crippen molar-refractivity contribution in [3.05, 3.63) is 29.8 Å².